The van der Waals surface area contributed by atoms with Crippen LogP contribution in [-0.4, -0.2) is 74.3 Å². The Labute approximate surface area is 200 Å². The second-order valence-corrected chi connectivity index (χ2v) is 9.31. The number of amides is 3. The molecule has 1 aromatic rings. The number of carbonyl (C=O) groups is 3. The quantitative estimate of drug-likeness (QED) is 0.657. The summed E-state index contributed by atoms with van der Waals surface area (Å²) in [6, 6.07) is 5.02. The number of hydrogen-bond acceptors (Lipinski definition) is 6. The highest BCUT2D eigenvalue weighted by atomic mass is 16.5. The molecule has 3 atom stereocenters. The molecule has 9 heteroatoms. The van der Waals surface area contributed by atoms with Crippen LogP contribution < -0.4 is 15.4 Å². The van der Waals surface area contributed by atoms with Crippen LogP contribution in [0.25, 0.3) is 0 Å². The summed E-state index contributed by atoms with van der Waals surface area (Å²) < 4.78 is 17.5. The monoisotopic (exact) mass is 473 g/mol. The van der Waals surface area contributed by atoms with Crippen molar-refractivity contribution in [2.45, 2.75) is 63.7 Å². The zero-order valence-corrected chi connectivity index (χ0v) is 20.0. The number of anilines is 1. The summed E-state index contributed by atoms with van der Waals surface area (Å²) in [5, 5.41) is 5.84. The van der Waals surface area contributed by atoms with Crippen molar-refractivity contribution in [3.05, 3.63) is 23.8 Å². The second kappa shape index (κ2) is 11.2. The fourth-order valence-electron chi connectivity index (χ4n) is 4.85. The summed E-state index contributed by atoms with van der Waals surface area (Å²) in [5.41, 5.74) is 1.00. The van der Waals surface area contributed by atoms with E-state index in [2.05, 4.69) is 10.6 Å². The van der Waals surface area contributed by atoms with Crippen LogP contribution in [0.4, 0.5) is 5.69 Å². The summed E-state index contributed by atoms with van der Waals surface area (Å²) in [5.74, 6) is 0.149. The summed E-state index contributed by atoms with van der Waals surface area (Å²) >= 11 is 0. The van der Waals surface area contributed by atoms with Crippen molar-refractivity contribution in [2.24, 2.45) is 5.92 Å². The lowest BCUT2D eigenvalue weighted by molar-refractivity contribution is -0.134. The van der Waals surface area contributed by atoms with Crippen LogP contribution in [0.5, 0.6) is 5.75 Å². The van der Waals surface area contributed by atoms with E-state index in [1.54, 1.807) is 30.1 Å². The maximum Gasteiger partial charge on any atom is 0.257 e. The Morgan fingerprint density at radius 3 is 2.71 bits per heavy atom. The average molecular weight is 474 g/mol. The van der Waals surface area contributed by atoms with E-state index in [-0.39, 0.29) is 48.5 Å². The van der Waals surface area contributed by atoms with Crippen molar-refractivity contribution >= 4 is 23.4 Å². The number of ether oxygens (including phenoxy) is 3. The van der Waals surface area contributed by atoms with Crippen molar-refractivity contribution in [2.75, 3.05) is 38.7 Å². The third-order valence-corrected chi connectivity index (χ3v) is 6.86. The van der Waals surface area contributed by atoms with Gasteiger partial charge in [0.05, 0.1) is 24.1 Å². The molecule has 0 aromatic heterocycles. The van der Waals surface area contributed by atoms with Gasteiger partial charge in [-0.1, -0.05) is 6.92 Å². The van der Waals surface area contributed by atoms with Crippen molar-refractivity contribution in [3.63, 3.8) is 0 Å². The van der Waals surface area contributed by atoms with Crippen LogP contribution in [-0.2, 0) is 19.1 Å². The summed E-state index contributed by atoms with van der Waals surface area (Å²) in [6.07, 6.45) is 3.54. The number of fused-ring (bicyclic) bond motifs is 2. The van der Waals surface area contributed by atoms with Crippen molar-refractivity contribution in [3.8, 4) is 5.75 Å². The van der Waals surface area contributed by atoms with Gasteiger partial charge in [0.15, 0.2) is 0 Å². The number of rotatable bonds is 6. The molecular weight excluding hydrogens is 438 g/mol. The third kappa shape index (κ3) is 5.70. The van der Waals surface area contributed by atoms with Crippen LogP contribution in [0.2, 0.25) is 0 Å². The fourth-order valence-corrected chi connectivity index (χ4v) is 4.85. The first-order valence-electron chi connectivity index (χ1n) is 12.3. The zero-order chi connectivity index (χ0) is 24.1. The zero-order valence-electron chi connectivity index (χ0n) is 20.0. The van der Waals surface area contributed by atoms with Crippen molar-refractivity contribution < 1.29 is 28.6 Å². The van der Waals surface area contributed by atoms with Gasteiger partial charge in [-0.2, -0.15) is 0 Å². The average Bonchev–Trinajstić information content (AvgIpc) is 2.85. The van der Waals surface area contributed by atoms with Gasteiger partial charge in [-0.05, 0) is 50.3 Å². The molecule has 2 saturated heterocycles. The largest absolute Gasteiger partial charge is 0.490 e. The molecule has 0 saturated carbocycles. The number of nitrogens with zero attached hydrogens (tertiary/aromatic N) is 1. The lowest BCUT2D eigenvalue weighted by atomic mass is 9.94. The first kappa shape index (κ1) is 24.5. The molecule has 3 aliphatic heterocycles. The Bertz CT molecular complexity index is 901. The van der Waals surface area contributed by atoms with Crippen molar-refractivity contribution in [1.82, 2.24) is 10.2 Å². The Kier molecular flexibility index (Phi) is 8.05. The minimum atomic E-state index is -0.312. The lowest BCUT2D eigenvalue weighted by Gasteiger charge is -2.42. The van der Waals surface area contributed by atoms with E-state index in [1.807, 2.05) is 6.92 Å². The number of hydrogen-bond donors (Lipinski definition) is 2. The molecule has 0 unspecified atom stereocenters. The summed E-state index contributed by atoms with van der Waals surface area (Å²) in [7, 11) is 1.78. The molecule has 3 heterocycles. The topological polar surface area (TPSA) is 106 Å². The van der Waals surface area contributed by atoms with Gasteiger partial charge in [0, 0.05) is 38.4 Å². The van der Waals surface area contributed by atoms with Crippen LogP contribution in [0.15, 0.2) is 18.2 Å². The number of likely N-dealkylation sites (N-methyl/N-ethyl adjacent to an activating group) is 1. The molecular formula is C25H35N3O6. The Balaban J connectivity index is 1.43. The molecule has 0 spiro atoms. The van der Waals surface area contributed by atoms with Crippen LogP contribution in [0, 0.1) is 5.92 Å². The normalized spacial score (nSPS) is 25.3. The van der Waals surface area contributed by atoms with Crippen LogP contribution in [0.3, 0.4) is 0 Å². The maximum atomic E-state index is 13.4. The Morgan fingerprint density at radius 1 is 1.15 bits per heavy atom. The second-order valence-electron chi connectivity index (χ2n) is 9.31. The fraction of sp³-hybridized carbons (Fsp3) is 0.640. The maximum absolute atomic E-state index is 13.4. The number of nitrogens with one attached hydrogen (secondary N) is 2. The molecule has 9 nitrogen and oxygen atoms in total. The highest BCUT2D eigenvalue weighted by molar-refractivity contribution is 6.00. The molecule has 3 amide bonds. The molecule has 2 N–H and O–H groups in total. The van der Waals surface area contributed by atoms with Gasteiger partial charge in [-0.3, -0.25) is 14.4 Å². The minimum absolute atomic E-state index is 0.0119. The van der Waals surface area contributed by atoms with Gasteiger partial charge in [0.1, 0.15) is 18.5 Å². The van der Waals surface area contributed by atoms with Gasteiger partial charge >= 0.3 is 0 Å². The molecule has 0 bridgehead atoms. The van der Waals surface area contributed by atoms with E-state index < -0.39 is 0 Å². The van der Waals surface area contributed by atoms with E-state index in [0.29, 0.717) is 62.4 Å². The van der Waals surface area contributed by atoms with Gasteiger partial charge in [0.2, 0.25) is 11.8 Å². The van der Waals surface area contributed by atoms with Gasteiger partial charge in [-0.25, -0.2) is 0 Å². The van der Waals surface area contributed by atoms with Gasteiger partial charge in [-0.15, -0.1) is 0 Å². The molecule has 1 aromatic carbocycles. The number of benzene rings is 1. The summed E-state index contributed by atoms with van der Waals surface area (Å²) in [4.78, 5) is 39.8. The predicted octanol–water partition coefficient (Wildman–Crippen LogP) is 2.35. The highest BCUT2D eigenvalue weighted by Crippen LogP contribution is 2.32. The lowest BCUT2D eigenvalue weighted by Crippen LogP contribution is -2.54. The first-order valence-corrected chi connectivity index (χ1v) is 12.3. The van der Waals surface area contributed by atoms with E-state index in [1.165, 1.54) is 0 Å². The van der Waals surface area contributed by atoms with E-state index in [4.69, 9.17) is 14.2 Å². The molecule has 0 radical (unpaired) electrons. The van der Waals surface area contributed by atoms with E-state index in [0.717, 1.165) is 12.8 Å². The minimum Gasteiger partial charge on any atom is -0.490 e. The van der Waals surface area contributed by atoms with E-state index in [9.17, 15) is 14.4 Å². The Morgan fingerprint density at radius 2 is 1.94 bits per heavy atom. The molecule has 34 heavy (non-hydrogen) atoms. The Hall–Kier alpha value is -2.65. The van der Waals surface area contributed by atoms with Gasteiger partial charge < -0.3 is 29.7 Å². The number of carbonyl (C=O) groups excluding carboxylic acids is 3. The standard InChI is InChI=1S/C25H35N3O6/c1-3-10-26-23(29)14-18-5-6-20-22(34-18)15-33-21-7-4-17(13-19(21)25(31)28(20)2)27-24(30)16-8-11-32-12-9-16/h4,7,13,16,18,20,22H,3,5-6,8-12,14-15H2,1-2H3,(H,26,29)(H,27,30)/t18-,20+,22+/m0/s1. The van der Waals surface area contributed by atoms with Crippen molar-refractivity contribution in [1.29, 1.82) is 0 Å². The summed E-state index contributed by atoms with van der Waals surface area (Å²) in [6.45, 7) is 4.15. The highest BCUT2D eigenvalue weighted by Gasteiger charge is 2.39. The molecule has 0 aliphatic carbocycles. The smallest absolute Gasteiger partial charge is 0.257 e. The molecule has 4 rings (SSSR count). The van der Waals surface area contributed by atoms with Crippen LogP contribution >= 0.6 is 0 Å². The van der Waals surface area contributed by atoms with E-state index >= 15 is 0 Å². The third-order valence-electron chi connectivity index (χ3n) is 6.86. The molecule has 2 fully saturated rings. The predicted molar refractivity (Wildman–Crippen MR) is 126 cm³/mol. The molecule has 3 aliphatic rings. The first-order chi connectivity index (χ1) is 16.5. The van der Waals surface area contributed by atoms with Gasteiger partial charge in [0.25, 0.3) is 5.91 Å². The molecule has 186 valence electrons. The SMILES string of the molecule is CCCNC(=O)C[C@@H]1CC[C@@H]2[C@@H](COc3ccc(NC(=O)C4CCOCC4)cc3C(=O)N2C)O1. The van der Waals surface area contributed by atoms with Crippen LogP contribution in [0.1, 0.15) is 55.8 Å².